The molecule has 2 rings (SSSR count). The minimum atomic E-state index is -0.646. The molecule has 98 valence electrons. The second kappa shape index (κ2) is 4.73. The highest BCUT2D eigenvalue weighted by molar-refractivity contribution is 6.00. The molecule has 0 saturated heterocycles. The maximum absolute atomic E-state index is 12.5. The molecule has 18 heavy (non-hydrogen) atoms. The fourth-order valence-corrected chi connectivity index (χ4v) is 2.82. The van der Waals surface area contributed by atoms with E-state index < -0.39 is 5.54 Å². The largest absolute Gasteiger partial charge is 0.317 e. The average Bonchev–Trinajstić information content (AvgIpc) is 2.74. The third-order valence-corrected chi connectivity index (χ3v) is 3.82. The van der Waals surface area contributed by atoms with E-state index in [1.165, 1.54) is 11.1 Å². The normalized spacial score (nSPS) is 17.8. The number of anilines is 1. The average molecular weight is 246 g/mol. The van der Waals surface area contributed by atoms with E-state index in [4.69, 9.17) is 5.73 Å². The molecule has 3 nitrogen and oxygen atoms in total. The maximum atomic E-state index is 12.5. The van der Waals surface area contributed by atoms with E-state index in [-0.39, 0.29) is 5.91 Å². The van der Waals surface area contributed by atoms with Crippen molar-refractivity contribution in [3.63, 3.8) is 0 Å². The van der Waals surface area contributed by atoms with Crippen molar-refractivity contribution < 1.29 is 4.79 Å². The number of nitrogens with zero attached hydrogens (tertiary/aromatic N) is 1. The van der Waals surface area contributed by atoms with E-state index in [9.17, 15) is 4.79 Å². The Morgan fingerprint density at radius 1 is 1.17 bits per heavy atom. The van der Waals surface area contributed by atoms with Gasteiger partial charge in [0.1, 0.15) is 0 Å². The lowest BCUT2D eigenvalue weighted by Crippen LogP contribution is -2.52. The Kier molecular flexibility index (Phi) is 3.44. The summed E-state index contributed by atoms with van der Waals surface area (Å²) < 4.78 is 0. The molecule has 3 heteroatoms. The van der Waals surface area contributed by atoms with Crippen LogP contribution < -0.4 is 10.6 Å². The van der Waals surface area contributed by atoms with Crippen molar-refractivity contribution in [1.82, 2.24) is 0 Å². The van der Waals surface area contributed by atoms with Crippen LogP contribution in [0.2, 0.25) is 0 Å². The van der Waals surface area contributed by atoms with Gasteiger partial charge in [-0.15, -0.1) is 0 Å². The zero-order valence-corrected chi connectivity index (χ0v) is 11.5. The smallest absolute Gasteiger partial charge is 0.246 e. The predicted molar refractivity (Wildman–Crippen MR) is 74.7 cm³/mol. The summed E-state index contributed by atoms with van der Waals surface area (Å²) >= 11 is 0. The van der Waals surface area contributed by atoms with Crippen molar-refractivity contribution in [2.24, 2.45) is 5.73 Å². The lowest BCUT2D eigenvalue weighted by atomic mass is 9.97. The molecular formula is C15H22N2O. The molecule has 0 bridgehead atoms. The Morgan fingerprint density at radius 2 is 1.67 bits per heavy atom. The van der Waals surface area contributed by atoms with Gasteiger partial charge in [-0.05, 0) is 49.9 Å². The van der Waals surface area contributed by atoms with Crippen molar-refractivity contribution in [2.45, 2.75) is 45.1 Å². The number of nitrogens with two attached hydrogens (primary N) is 1. The molecule has 1 aromatic carbocycles. The summed E-state index contributed by atoms with van der Waals surface area (Å²) in [4.78, 5) is 14.2. The monoisotopic (exact) mass is 246 g/mol. The van der Waals surface area contributed by atoms with Crippen molar-refractivity contribution in [3.05, 3.63) is 29.3 Å². The Morgan fingerprint density at radius 3 is 2.17 bits per heavy atom. The Bertz CT molecular complexity index is 441. The molecule has 1 saturated carbocycles. The van der Waals surface area contributed by atoms with Crippen molar-refractivity contribution in [2.75, 3.05) is 11.9 Å². The number of aryl methyl sites for hydroxylation is 2. The van der Waals surface area contributed by atoms with Crippen LogP contribution in [0.3, 0.4) is 0 Å². The number of hydrogen-bond donors (Lipinski definition) is 1. The number of hydrogen-bond acceptors (Lipinski definition) is 2. The van der Waals surface area contributed by atoms with Crippen LogP contribution >= 0.6 is 0 Å². The fourth-order valence-electron chi connectivity index (χ4n) is 2.82. The second-order valence-electron chi connectivity index (χ2n) is 5.57. The molecule has 1 aliphatic rings. The molecule has 1 fully saturated rings. The van der Waals surface area contributed by atoms with Crippen molar-refractivity contribution in [1.29, 1.82) is 0 Å². The molecule has 1 amide bonds. The van der Waals surface area contributed by atoms with Crippen LogP contribution in [-0.4, -0.2) is 18.5 Å². The first-order valence-electron chi connectivity index (χ1n) is 6.58. The van der Waals surface area contributed by atoms with Gasteiger partial charge in [0.15, 0.2) is 0 Å². The van der Waals surface area contributed by atoms with E-state index in [2.05, 4.69) is 6.07 Å². The van der Waals surface area contributed by atoms with Crippen LogP contribution in [0.1, 0.15) is 36.8 Å². The molecule has 0 aliphatic heterocycles. The Hall–Kier alpha value is -1.35. The summed E-state index contributed by atoms with van der Waals surface area (Å²) in [6, 6.07) is 6.17. The first kappa shape index (κ1) is 13.1. The third-order valence-electron chi connectivity index (χ3n) is 3.82. The summed E-state index contributed by atoms with van der Waals surface area (Å²) in [5.41, 5.74) is 8.86. The van der Waals surface area contributed by atoms with Crippen LogP contribution in [0.5, 0.6) is 0 Å². The molecule has 0 heterocycles. The van der Waals surface area contributed by atoms with Gasteiger partial charge in [-0.2, -0.15) is 0 Å². The van der Waals surface area contributed by atoms with E-state index in [0.29, 0.717) is 0 Å². The van der Waals surface area contributed by atoms with E-state index in [0.717, 1.165) is 31.4 Å². The zero-order valence-electron chi connectivity index (χ0n) is 11.5. The highest BCUT2D eigenvalue weighted by Crippen LogP contribution is 2.30. The van der Waals surface area contributed by atoms with Gasteiger partial charge in [-0.1, -0.05) is 18.9 Å². The van der Waals surface area contributed by atoms with Crippen LogP contribution in [-0.2, 0) is 4.79 Å². The molecule has 2 N–H and O–H groups in total. The van der Waals surface area contributed by atoms with Gasteiger partial charge in [-0.3, -0.25) is 4.79 Å². The highest BCUT2D eigenvalue weighted by Gasteiger charge is 2.39. The van der Waals surface area contributed by atoms with Gasteiger partial charge >= 0.3 is 0 Å². The van der Waals surface area contributed by atoms with Gasteiger partial charge in [0, 0.05) is 12.7 Å². The SMILES string of the molecule is Cc1cc(C)cc(N(C)C(=O)C2(N)CCCC2)c1. The number of rotatable bonds is 2. The van der Waals surface area contributed by atoms with E-state index >= 15 is 0 Å². The molecule has 0 spiro atoms. The molecule has 0 atom stereocenters. The van der Waals surface area contributed by atoms with Crippen LogP contribution in [0, 0.1) is 13.8 Å². The lowest BCUT2D eigenvalue weighted by molar-refractivity contribution is -0.123. The molecule has 0 unspecified atom stereocenters. The minimum absolute atomic E-state index is 0.0463. The van der Waals surface area contributed by atoms with Crippen LogP contribution in [0.15, 0.2) is 18.2 Å². The van der Waals surface area contributed by atoms with Gasteiger partial charge in [0.2, 0.25) is 5.91 Å². The van der Waals surface area contributed by atoms with Crippen molar-refractivity contribution >= 4 is 11.6 Å². The lowest BCUT2D eigenvalue weighted by Gasteiger charge is -2.29. The van der Waals surface area contributed by atoms with Crippen LogP contribution in [0.4, 0.5) is 5.69 Å². The van der Waals surface area contributed by atoms with Gasteiger partial charge in [0.05, 0.1) is 5.54 Å². The Labute approximate surface area is 109 Å². The first-order valence-corrected chi connectivity index (χ1v) is 6.58. The number of carbonyl (C=O) groups excluding carboxylic acids is 1. The van der Waals surface area contributed by atoms with E-state index in [1.54, 1.807) is 4.90 Å². The fraction of sp³-hybridized carbons (Fsp3) is 0.533. The highest BCUT2D eigenvalue weighted by atomic mass is 16.2. The second-order valence-corrected chi connectivity index (χ2v) is 5.57. The zero-order chi connectivity index (χ0) is 13.3. The number of carbonyl (C=O) groups is 1. The predicted octanol–water partition coefficient (Wildman–Crippen LogP) is 2.54. The van der Waals surface area contributed by atoms with Crippen molar-refractivity contribution in [3.8, 4) is 0 Å². The number of benzene rings is 1. The summed E-state index contributed by atoms with van der Waals surface area (Å²) in [6.07, 6.45) is 3.73. The standard InChI is InChI=1S/C15H22N2O/c1-11-8-12(2)10-13(9-11)17(3)14(18)15(16)6-4-5-7-15/h8-10H,4-7,16H2,1-3H3. The molecule has 0 radical (unpaired) electrons. The number of likely N-dealkylation sites (N-methyl/N-ethyl adjacent to an activating group) is 1. The summed E-state index contributed by atoms with van der Waals surface area (Å²) in [7, 11) is 1.82. The van der Waals surface area contributed by atoms with E-state index in [1.807, 2.05) is 33.0 Å². The van der Waals surface area contributed by atoms with Gasteiger partial charge in [-0.25, -0.2) is 0 Å². The topological polar surface area (TPSA) is 46.3 Å². The van der Waals surface area contributed by atoms with Crippen LogP contribution in [0.25, 0.3) is 0 Å². The Balaban J connectivity index is 2.25. The first-order chi connectivity index (χ1) is 8.42. The number of amides is 1. The van der Waals surface area contributed by atoms with Gasteiger partial charge < -0.3 is 10.6 Å². The molecule has 1 aromatic rings. The quantitative estimate of drug-likeness (QED) is 0.871. The third kappa shape index (κ3) is 2.41. The maximum Gasteiger partial charge on any atom is 0.246 e. The summed E-state index contributed by atoms with van der Waals surface area (Å²) in [6.45, 7) is 4.09. The van der Waals surface area contributed by atoms with Gasteiger partial charge in [0.25, 0.3) is 0 Å². The molecule has 0 aromatic heterocycles. The molecular weight excluding hydrogens is 224 g/mol. The minimum Gasteiger partial charge on any atom is -0.317 e. The molecule has 1 aliphatic carbocycles. The summed E-state index contributed by atoms with van der Waals surface area (Å²) in [5.74, 6) is 0.0463. The summed E-state index contributed by atoms with van der Waals surface area (Å²) in [5, 5.41) is 0.